The molecule has 0 spiro atoms. The molecule has 0 saturated heterocycles. The van der Waals surface area contributed by atoms with Gasteiger partial charge in [0, 0.05) is 0 Å². The van der Waals surface area contributed by atoms with Crippen LogP contribution in [-0.4, -0.2) is 25.1 Å². The Morgan fingerprint density at radius 3 is 1.94 bits per heavy atom. The first-order valence-corrected chi connectivity index (χ1v) is 7.71. The van der Waals surface area contributed by atoms with Crippen LogP contribution < -0.4 is 3.61 Å². The summed E-state index contributed by atoms with van der Waals surface area (Å²) in [4.78, 5) is 0. The number of hydrogen-bond donors (Lipinski definition) is 0. The molecule has 0 amide bonds. The molecule has 0 saturated carbocycles. The van der Waals surface area contributed by atoms with Crippen LogP contribution in [0.3, 0.4) is 0 Å². The minimum atomic E-state index is -4.01. The molecule has 1 rings (SSSR count). The van der Waals surface area contributed by atoms with Gasteiger partial charge in [-0.25, -0.2) is 0 Å². The van der Waals surface area contributed by atoms with E-state index in [9.17, 15) is 13.2 Å². The van der Waals surface area contributed by atoms with Crippen LogP contribution >= 0.6 is 0 Å². The summed E-state index contributed by atoms with van der Waals surface area (Å²) in [5.41, 5.74) is 2.99. The summed E-state index contributed by atoms with van der Waals surface area (Å²) < 4.78 is 33.8. The normalized spacial score (nSPS) is 12.9. The summed E-state index contributed by atoms with van der Waals surface area (Å²) in [6, 6.07) is 3.44. The quantitative estimate of drug-likeness (QED) is 0.675. The fourth-order valence-electron chi connectivity index (χ4n) is 1.80. The Morgan fingerprint density at radius 1 is 1.00 bits per heavy atom. The van der Waals surface area contributed by atoms with Crippen molar-refractivity contribution in [1.29, 1.82) is 0 Å². The zero-order valence-corrected chi connectivity index (χ0v) is 13.0. The molecule has 0 N–H and O–H groups in total. The number of alkyl halides is 3. The molecule has 0 aliphatic rings. The number of hydrogen-bond acceptors (Lipinski definition) is 0. The molecule has 0 unspecified atom stereocenters. The van der Waals surface area contributed by atoms with Crippen LogP contribution in [0.25, 0.3) is 0 Å². The number of benzene rings is 1. The first kappa shape index (κ1) is 14.9. The van der Waals surface area contributed by atoms with Crippen molar-refractivity contribution in [2.24, 2.45) is 0 Å². The van der Waals surface area contributed by atoms with Gasteiger partial charge in [-0.2, -0.15) is 0 Å². The monoisotopic (exact) mass is 360 g/mol. The molecular formula is C13H17F3Te. The Kier molecular flexibility index (Phi) is 4.21. The average molecular weight is 358 g/mol. The Labute approximate surface area is 111 Å². The van der Waals surface area contributed by atoms with Gasteiger partial charge in [-0.3, -0.25) is 0 Å². The third-order valence-electron chi connectivity index (χ3n) is 2.68. The van der Waals surface area contributed by atoms with Gasteiger partial charge in [0.15, 0.2) is 0 Å². The molecule has 4 heteroatoms. The summed E-state index contributed by atoms with van der Waals surface area (Å²) in [6.07, 6.45) is 0. The zero-order chi connectivity index (χ0) is 13.4. The summed E-state index contributed by atoms with van der Waals surface area (Å²) in [5.74, 6) is 0. The van der Waals surface area contributed by atoms with E-state index in [2.05, 4.69) is 0 Å². The molecule has 0 bridgehead atoms. The van der Waals surface area contributed by atoms with Crippen molar-refractivity contribution in [3.05, 3.63) is 28.8 Å². The molecule has 1 aromatic carbocycles. The summed E-state index contributed by atoms with van der Waals surface area (Å²) >= 11 is -2.10. The van der Waals surface area contributed by atoms with Gasteiger partial charge in [0.1, 0.15) is 0 Å². The van der Waals surface area contributed by atoms with Gasteiger partial charge in [-0.05, 0) is 0 Å². The van der Waals surface area contributed by atoms with E-state index in [1.165, 1.54) is 0 Å². The van der Waals surface area contributed by atoms with Gasteiger partial charge in [0.2, 0.25) is 0 Å². The van der Waals surface area contributed by atoms with Crippen molar-refractivity contribution < 1.29 is 13.2 Å². The number of rotatable bonds is 1. The van der Waals surface area contributed by atoms with Crippen LogP contribution in [0.1, 0.15) is 37.5 Å². The topological polar surface area (TPSA) is 0 Å². The molecule has 0 aromatic heterocycles. The van der Waals surface area contributed by atoms with E-state index in [0.717, 1.165) is 16.7 Å². The minimum absolute atomic E-state index is 0.108. The maximum absolute atomic E-state index is 12.5. The van der Waals surface area contributed by atoms with Crippen molar-refractivity contribution in [2.75, 3.05) is 0 Å². The standard InChI is InChI=1S/C13H17F3Te/c1-8-6-10(17-13(14,15)16)7-11(9(8)2)12(3,4)5/h6-7H,1-5H3. The molecule has 0 radical (unpaired) electrons. The van der Waals surface area contributed by atoms with E-state index in [1.807, 2.05) is 34.6 Å². The Hall–Kier alpha value is -0.200. The van der Waals surface area contributed by atoms with E-state index < -0.39 is 25.1 Å². The second-order valence-corrected chi connectivity index (χ2v) is 8.46. The number of aryl methyl sites for hydroxylation is 1. The van der Waals surface area contributed by atoms with Gasteiger partial charge >= 0.3 is 111 Å². The molecule has 0 heterocycles. The van der Waals surface area contributed by atoms with Gasteiger partial charge in [0.05, 0.1) is 0 Å². The molecule has 0 fully saturated rings. The van der Waals surface area contributed by atoms with E-state index in [4.69, 9.17) is 0 Å². The van der Waals surface area contributed by atoms with Crippen molar-refractivity contribution in [2.45, 2.75) is 44.3 Å². The predicted molar refractivity (Wildman–Crippen MR) is 66.1 cm³/mol. The Morgan fingerprint density at radius 2 is 1.53 bits per heavy atom. The van der Waals surface area contributed by atoms with Crippen molar-refractivity contribution in [1.82, 2.24) is 0 Å². The van der Waals surface area contributed by atoms with Gasteiger partial charge < -0.3 is 0 Å². The van der Waals surface area contributed by atoms with Gasteiger partial charge in [-0.15, -0.1) is 0 Å². The fraction of sp³-hybridized carbons (Fsp3) is 0.538. The SMILES string of the molecule is Cc1cc([Te]C(F)(F)F)cc(C(C)(C)C)c1C. The predicted octanol–water partition coefficient (Wildman–Crippen LogP) is 3.45. The van der Waals surface area contributed by atoms with Gasteiger partial charge in [0.25, 0.3) is 0 Å². The first-order valence-electron chi connectivity index (χ1n) is 5.38. The van der Waals surface area contributed by atoms with Crippen LogP contribution in [0.15, 0.2) is 12.1 Å². The summed E-state index contributed by atoms with van der Waals surface area (Å²) in [5, 5.41) is 0. The summed E-state index contributed by atoms with van der Waals surface area (Å²) in [7, 11) is 0. The number of halogens is 3. The van der Waals surface area contributed by atoms with E-state index in [1.54, 1.807) is 12.1 Å². The van der Waals surface area contributed by atoms with E-state index in [-0.39, 0.29) is 5.41 Å². The Balaban J connectivity index is 3.25. The maximum atomic E-state index is 12.5. The van der Waals surface area contributed by atoms with Crippen molar-refractivity contribution >= 4 is 24.5 Å². The van der Waals surface area contributed by atoms with Crippen LogP contribution in [0.5, 0.6) is 0 Å². The van der Waals surface area contributed by atoms with Gasteiger partial charge in [-0.1, -0.05) is 0 Å². The summed E-state index contributed by atoms with van der Waals surface area (Å²) in [6.45, 7) is 9.97. The molecule has 0 aliphatic carbocycles. The van der Waals surface area contributed by atoms with Crippen molar-refractivity contribution in [3.8, 4) is 0 Å². The van der Waals surface area contributed by atoms with Crippen LogP contribution in [0, 0.1) is 13.8 Å². The van der Waals surface area contributed by atoms with Crippen LogP contribution in [-0.2, 0) is 5.41 Å². The second-order valence-electron chi connectivity index (χ2n) is 5.21. The van der Waals surface area contributed by atoms with E-state index >= 15 is 0 Å². The van der Waals surface area contributed by atoms with E-state index in [0.29, 0.717) is 3.61 Å². The first-order chi connectivity index (χ1) is 7.50. The third kappa shape index (κ3) is 4.19. The zero-order valence-electron chi connectivity index (χ0n) is 10.7. The molecular weight excluding hydrogens is 341 g/mol. The fourth-order valence-corrected chi connectivity index (χ4v) is 3.74. The second kappa shape index (κ2) is 4.82. The third-order valence-corrected chi connectivity index (χ3v) is 4.69. The average Bonchev–Trinajstić information content (AvgIpc) is 2.06. The van der Waals surface area contributed by atoms with Crippen LogP contribution in [0.2, 0.25) is 0 Å². The van der Waals surface area contributed by atoms with Crippen molar-refractivity contribution in [3.63, 3.8) is 0 Å². The van der Waals surface area contributed by atoms with Crippen LogP contribution in [0.4, 0.5) is 13.2 Å². The molecule has 0 atom stereocenters. The molecule has 96 valence electrons. The Bertz CT molecular complexity index is 414. The molecule has 17 heavy (non-hydrogen) atoms. The molecule has 0 aliphatic heterocycles. The molecule has 1 aromatic rings. The molecule has 0 nitrogen and oxygen atoms in total.